The minimum Gasteiger partial charge on any atom is -0.399 e. The Morgan fingerprint density at radius 1 is 0.840 bits per heavy atom. The minimum absolute atomic E-state index is 0.00313. The summed E-state index contributed by atoms with van der Waals surface area (Å²) >= 11 is 0. The van der Waals surface area contributed by atoms with E-state index in [0.29, 0.717) is 5.56 Å². The van der Waals surface area contributed by atoms with Gasteiger partial charge in [-0.25, -0.2) is 8.78 Å². The van der Waals surface area contributed by atoms with Crippen molar-refractivity contribution in [2.45, 2.75) is 51.2 Å². The van der Waals surface area contributed by atoms with Gasteiger partial charge in [0, 0.05) is 12.0 Å². The summed E-state index contributed by atoms with van der Waals surface area (Å²) in [7, 11) is -0.540. The number of hydrogen-bond acceptors (Lipinski definition) is 2. The van der Waals surface area contributed by atoms with Crippen molar-refractivity contribution in [3.63, 3.8) is 0 Å². The van der Waals surface area contributed by atoms with Gasteiger partial charge >= 0.3 is 7.12 Å². The first kappa shape index (κ1) is 18.1. The average molecular weight is 344 g/mol. The molecule has 1 aliphatic heterocycles. The Morgan fingerprint density at radius 3 is 1.88 bits per heavy atom. The Hall–Kier alpha value is -1.72. The van der Waals surface area contributed by atoms with Crippen molar-refractivity contribution in [3.05, 3.63) is 65.7 Å². The highest BCUT2D eigenvalue weighted by molar-refractivity contribution is 6.62. The van der Waals surface area contributed by atoms with Crippen LogP contribution >= 0.6 is 0 Å². The molecule has 0 aliphatic carbocycles. The van der Waals surface area contributed by atoms with Gasteiger partial charge in [-0.15, -0.1) is 0 Å². The van der Waals surface area contributed by atoms with E-state index in [1.165, 1.54) is 12.1 Å². The van der Waals surface area contributed by atoms with E-state index >= 15 is 0 Å². The third-order valence-electron chi connectivity index (χ3n) is 5.13. The second-order valence-corrected chi connectivity index (χ2v) is 7.58. The molecule has 0 radical (unpaired) electrons. The van der Waals surface area contributed by atoms with Crippen molar-refractivity contribution < 1.29 is 18.1 Å². The quantitative estimate of drug-likeness (QED) is 0.769. The van der Waals surface area contributed by atoms with Crippen LogP contribution in [0.3, 0.4) is 0 Å². The van der Waals surface area contributed by atoms with Gasteiger partial charge in [-0.2, -0.15) is 0 Å². The maximum Gasteiger partial charge on any atom is 0.494 e. The lowest BCUT2D eigenvalue weighted by molar-refractivity contribution is -0.00381. The van der Waals surface area contributed by atoms with E-state index in [1.807, 2.05) is 33.8 Å². The Balaban J connectivity index is 1.76. The van der Waals surface area contributed by atoms with Crippen LogP contribution in [-0.4, -0.2) is 18.3 Å². The van der Waals surface area contributed by atoms with Crippen molar-refractivity contribution in [2.75, 3.05) is 0 Å². The first-order chi connectivity index (χ1) is 11.6. The highest BCUT2D eigenvalue weighted by atomic mass is 19.3. The Bertz CT molecular complexity index is 711. The second-order valence-electron chi connectivity index (χ2n) is 7.58. The third-order valence-corrected chi connectivity index (χ3v) is 5.13. The van der Waals surface area contributed by atoms with Crippen molar-refractivity contribution in [3.8, 4) is 0 Å². The van der Waals surface area contributed by atoms with Crippen molar-refractivity contribution in [1.82, 2.24) is 0 Å². The molecule has 0 spiro atoms. The summed E-state index contributed by atoms with van der Waals surface area (Å²) in [5.41, 5.74) is 0.457. The Kier molecular flexibility index (Phi) is 4.50. The number of hydrogen-bond donors (Lipinski definition) is 0. The molecule has 0 N–H and O–H groups in total. The van der Waals surface area contributed by atoms with Gasteiger partial charge in [0.25, 0.3) is 5.92 Å². The SMILES string of the molecule is CC1(C)OB(c2ccc(C(F)(F)Cc3ccccc3)cc2)OC1(C)C. The molecule has 2 nitrogen and oxygen atoms in total. The summed E-state index contributed by atoms with van der Waals surface area (Å²) < 4.78 is 41.0. The van der Waals surface area contributed by atoms with Crippen LogP contribution in [0.5, 0.6) is 0 Å². The number of alkyl halides is 2. The van der Waals surface area contributed by atoms with Crippen LogP contribution in [0.15, 0.2) is 54.6 Å². The first-order valence-electron chi connectivity index (χ1n) is 8.49. The van der Waals surface area contributed by atoms with Gasteiger partial charge in [0.15, 0.2) is 0 Å². The molecular weight excluding hydrogens is 321 g/mol. The fraction of sp³-hybridized carbons (Fsp3) is 0.400. The van der Waals surface area contributed by atoms with E-state index in [2.05, 4.69) is 0 Å². The maximum atomic E-state index is 14.5. The van der Waals surface area contributed by atoms with Crippen LogP contribution in [0.1, 0.15) is 38.8 Å². The molecule has 132 valence electrons. The summed E-state index contributed by atoms with van der Waals surface area (Å²) in [6.45, 7) is 7.87. The largest absolute Gasteiger partial charge is 0.494 e. The summed E-state index contributed by atoms with van der Waals surface area (Å²) in [6.07, 6.45) is -0.316. The lowest BCUT2D eigenvalue weighted by Crippen LogP contribution is -2.41. The maximum absolute atomic E-state index is 14.5. The van der Waals surface area contributed by atoms with Crippen LogP contribution in [0.25, 0.3) is 0 Å². The monoisotopic (exact) mass is 344 g/mol. The lowest BCUT2D eigenvalue weighted by Gasteiger charge is -2.32. The number of rotatable bonds is 4. The van der Waals surface area contributed by atoms with E-state index in [0.717, 1.165) is 5.46 Å². The first-order valence-corrected chi connectivity index (χ1v) is 8.49. The number of halogens is 2. The molecule has 1 fully saturated rings. The minimum atomic E-state index is -2.92. The number of benzene rings is 2. The molecule has 0 unspecified atom stereocenters. The zero-order chi connectivity index (χ0) is 18.3. The van der Waals surface area contributed by atoms with Crippen LogP contribution < -0.4 is 5.46 Å². The van der Waals surface area contributed by atoms with Gasteiger partial charge in [-0.05, 0) is 38.7 Å². The summed E-state index contributed by atoms with van der Waals surface area (Å²) in [5.74, 6) is -2.92. The molecule has 25 heavy (non-hydrogen) atoms. The van der Waals surface area contributed by atoms with Crippen molar-refractivity contribution in [2.24, 2.45) is 0 Å². The Labute approximate surface area is 148 Å². The van der Waals surface area contributed by atoms with E-state index in [9.17, 15) is 8.78 Å². The highest BCUT2D eigenvalue weighted by Crippen LogP contribution is 2.37. The molecule has 3 rings (SSSR count). The van der Waals surface area contributed by atoms with Gasteiger partial charge in [0.1, 0.15) is 0 Å². The highest BCUT2D eigenvalue weighted by Gasteiger charge is 2.51. The van der Waals surface area contributed by atoms with Crippen LogP contribution in [-0.2, 0) is 21.7 Å². The molecule has 2 aromatic rings. The van der Waals surface area contributed by atoms with Gasteiger partial charge in [0.2, 0.25) is 0 Å². The average Bonchev–Trinajstić information content (AvgIpc) is 2.76. The molecule has 0 bridgehead atoms. The fourth-order valence-electron chi connectivity index (χ4n) is 2.82. The van der Waals surface area contributed by atoms with Crippen LogP contribution in [0.4, 0.5) is 8.78 Å². The smallest absolute Gasteiger partial charge is 0.399 e. The zero-order valence-corrected chi connectivity index (χ0v) is 15.1. The van der Waals surface area contributed by atoms with Crippen LogP contribution in [0, 0.1) is 0 Å². The standard InChI is InChI=1S/C20H23BF2O2/c1-18(2)19(3,4)25-21(24-18)17-12-10-16(11-13-17)20(22,23)14-15-8-6-5-7-9-15/h5-13H,14H2,1-4H3. The molecule has 1 saturated heterocycles. The topological polar surface area (TPSA) is 18.5 Å². The van der Waals surface area contributed by atoms with Gasteiger partial charge < -0.3 is 9.31 Å². The van der Waals surface area contributed by atoms with Gasteiger partial charge in [-0.1, -0.05) is 54.6 Å². The predicted molar refractivity (Wildman–Crippen MR) is 96.2 cm³/mol. The third kappa shape index (κ3) is 3.63. The predicted octanol–water partition coefficient (Wildman–Crippen LogP) is 4.32. The van der Waals surface area contributed by atoms with E-state index in [1.54, 1.807) is 36.4 Å². The zero-order valence-electron chi connectivity index (χ0n) is 15.1. The summed E-state index contributed by atoms with van der Waals surface area (Å²) in [4.78, 5) is 0. The fourth-order valence-corrected chi connectivity index (χ4v) is 2.82. The molecule has 5 heteroatoms. The summed E-state index contributed by atoms with van der Waals surface area (Å²) in [6, 6.07) is 15.0. The molecule has 1 aliphatic rings. The van der Waals surface area contributed by atoms with Crippen LogP contribution in [0.2, 0.25) is 0 Å². The lowest BCUT2D eigenvalue weighted by atomic mass is 9.78. The molecule has 1 heterocycles. The van der Waals surface area contributed by atoms with Gasteiger partial charge in [-0.3, -0.25) is 0 Å². The van der Waals surface area contributed by atoms with Crippen molar-refractivity contribution in [1.29, 1.82) is 0 Å². The molecule has 2 aromatic carbocycles. The Morgan fingerprint density at radius 2 is 1.36 bits per heavy atom. The second kappa shape index (κ2) is 6.22. The molecule has 0 saturated carbocycles. The van der Waals surface area contributed by atoms with Gasteiger partial charge in [0.05, 0.1) is 11.2 Å². The van der Waals surface area contributed by atoms with E-state index < -0.39 is 24.2 Å². The normalized spacial score (nSPS) is 19.2. The van der Waals surface area contributed by atoms with Crippen molar-refractivity contribution >= 4 is 12.6 Å². The van der Waals surface area contributed by atoms with E-state index in [-0.39, 0.29) is 12.0 Å². The molecule has 0 amide bonds. The summed E-state index contributed by atoms with van der Waals surface area (Å²) in [5, 5.41) is 0. The molecular formula is C20H23BF2O2. The van der Waals surface area contributed by atoms with E-state index in [4.69, 9.17) is 9.31 Å². The molecule has 0 aromatic heterocycles. The molecule has 0 atom stereocenters.